The average molecular weight is 298 g/mol. The summed E-state index contributed by atoms with van der Waals surface area (Å²) in [5, 5.41) is 19.6. The van der Waals surface area contributed by atoms with Gasteiger partial charge in [-0.3, -0.25) is 0 Å². The lowest BCUT2D eigenvalue weighted by Gasteiger charge is -2.09. The van der Waals surface area contributed by atoms with Crippen molar-refractivity contribution in [3.8, 4) is 17.9 Å². The van der Waals surface area contributed by atoms with Crippen LogP contribution in [0.1, 0.15) is 12.0 Å². The number of nitrogens with zero attached hydrogens (tertiary/aromatic N) is 2. The molecule has 0 radical (unpaired) electrons. The molecule has 0 unspecified atom stereocenters. The zero-order valence-corrected chi connectivity index (χ0v) is 11.8. The van der Waals surface area contributed by atoms with Crippen molar-refractivity contribution in [2.24, 2.45) is 0 Å². The molecule has 3 nitrogen and oxygen atoms in total. The van der Waals surface area contributed by atoms with Gasteiger partial charge in [-0.1, -0.05) is 18.2 Å². The normalized spacial score (nSPS) is 10.1. The van der Waals surface area contributed by atoms with Crippen molar-refractivity contribution in [2.75, 3.05) is 7.11 Å². The summed E-state index contributed by atoms with van der Waals surface area (Å²) in [6.07, 6.45) is -3.25. The summed E-state index contributed by atoms with van der Waals surface area (Å²) in [4.78, 5) is 0. The number of rotatable bonds is 4. The van der Waals surface area contributed by atoms with Gasteiger partial charge >= 0.3 is 0 Å². The first kappa shape index (κ1) is 15.5. The average Bonchev–Trinajstić information content (AvgIpc) is 2.53. The predicted octanol–water partition coefficient (Wildman–Crippen LogP) is 4.30. The molecule has 0 saturated carbocycles. The van der Waals surface area contributed by atoms with Gasteiger partial charge in [0.25, 0.3) is 0 Å². The molecule has 5 heteroatoms. The van der Waals surface area contributed by atoms with Crippen molar-refractivity contribution < 1.29 is 13.5 Å². The van der Waals surface area contributed by atoms with Crippen LogP contribution in [0.3, 0.4) is 0 Å². The monoisotopic (exact) mass is 298 g/mol. The molecule has 0 bridgehead atoms. The SMILES string of the molecule is COc1ccc2cc(C(CC(F)F)=C(C#N)C#N)ccc2c1. The molecule has 110 valence electrons. The number of fused-ring (bicyclic) bond motifs is 1. The molecule has 0 fully saturated rings. The molecule has 22 heavy (non-hydrogen) atoms. The smallest absolute Gasteiger partial charge is 0.242 e. The van der Waals surface area contributed by atoms with E-state index in [4.69, 9.17) is 15.3 Å². The second kappa shape index (κ2) is 6.69. The molecule has 2 aromatic rings. The number of allylic oxidation sites excluding steroid dienone is 2. The fraction of sp³-hybridized carbons (Fsp3) is 0.176. The minimum atomic E-state index is -2.63. The van der Waals surface area contributed by atoms with E-state index in [2.05, 4.69) is 0 Å². The van der Waals surface area contributed by atoms with Crippen LogP contribution in [0.2, 0.25) is 0 Å². The van der Waals surface area contributed by atoms with Crippen LogP contribution < -0.4 is 4.74 Å². The fourth-order valence-electron chi connectivity index (χ4n) is 2.22. The number of hydrogen-bond donors (Lipinski definition) is 0. The molecule has 0 saturated heterocycles. The zero-order valence-electron chi connectivity index (χ0n) is 11.8. The van der Waals surface area contributed by atoms with E-state index in [0.717, 1.165) is 10.8 Å². The number of hydrogen-bond acceptors (Lipinski definition) is 3. The van der Waals surface area contributed by atoms with Crippen molar-refractivity contribution in [3.05, 3.63) is 47.5 Å². The van der Waals surface area contributed by atoms with Gasteiger partial charge < -0.3 is 4.74 Å². The van der Waals surface area contributed by atoms with E-state index in [-0.39, 0.29) is 11.1 Å². The third-order valence-corrected chi connectivity index (χ3v) is 3.28. The van der Waals surface area contributed by atoms with Crippen LogP contribution in [0.5, 0.6) is 5.75 Å². The van der Waals surface area contributed by atoms with E-state index in [0.29, 0.717) is 11.3 Å². The highest BCUT2D eigenvalue weighted by Gasteiger charge is 2.15. The second-order valence-corrected chi connectivity index (χ2v) is 4.60. The van der Waals surface area contributed by atoms with Crippen molar-refractivity contribution in [1.29, 1.82) is 10.5 Å². The first-order valence-corrected chi connectivity index (χ1v) is 6.48. The number of benzene rings is 2. The fourth-order valence-corrected chi connectivity index (χ4v) is 2.22. The summed E-state index contributed by atoms with van der Waals surface area (Å²) in [5.41, 5.74) is 0.238. The summed E-state index contributed by atoms with van der Waals surface area (Å²) in [6.45, 7) is 0. The van der Waals surface area contributed by atoms with Gasteiger partial charge in [-0.05, 0) is 40.1 Å². The van der Waals surface area contributed by atoms with Gasteiger partial charge in [0.15, 0.2) is 0 Å². The number of alkyl halides is 2. The number of methoxy groups -OCH3 is 1. The Kier molecular flexibility index (Phi) is 4.70. The van der Waals surface area contributed by atoms with E-state index in [1.54, 1.807) is 49.6 Å². The third kappa shape index (κ3) is 3.21. The Balaban J connectivity index is 2.58. The van der Waals surface area contributed by atoms with Crippen LogP contribution in [-0.2, 0) is 0 Å². The van der Waals surface area contributed by atoms with Gasteiger partial charge in [-0.25, -0.2) is 8.78 Å². The maximum absolute atomic E-state index is 12.7. The zero-order chi connectivity index (χ0) is 16.1. The highest BCUT2D eigenvalue weighted by molar-refractivity contribution is 5.88. The summed E-state index contributed by atoms with van der Waals surface area (Å²) >= 11 is 0. The van der Waals surface area contributed by atoms with Crippen LogP contribution in [0.15, 0.2) is 42.0 Å². The predicted molar refractivity (Wildman–Crippen MR) is 79.3 cm³/mol. The summed E-state index contributed by atoms with van der Waals surface area (Å²) in [7, 11) is 1.56. The van der Waals surface area contributed by atoms with E-state index in [9.17, 15) is 8.78 Å². The summed E-state index contributed by atoms with van der Waals surface area (Å²) in [6, 6.07) is 13.8. The molecule has 0 heterocycles. The van der Waals surface area contributed by atoms with Gasteiger partial charge in [0.2, 0.25) is 6.43 Å². The Hall–Kier alpha value is -2.92. The van der Waals surface area contributed by atoms with E-state index >= 15 is 0 Å². The van der Waals surface area contributed by atoms with Crippen molar-refractivity contribution in [1.82, 2.24) is 0 Å². The summed E-state index contributed by atoms with van der Waals surface area (Å²) in [5.74, 6) is 0.693. The quantitative estimate of drug-likeness (QED) is 0.790. The maximum atomic E-state index is 12.7. The van der Waals surface area contributed by atoms with E-state index in [1.165, 1.54) is 0 Å². The number of nitriles is 2. The van der Waals surface area contributed by atoms with Crippen LogP contribution in [0, 0.1) is 22.7 Å². The largest absolute Gasteiger partial charge is 0.497 e. The molecule has 0 N–H and O–H groups in total. The highest BCUT2D eigenvalue weighted by atomic mass is 19.3. The Bertz CT molecular complexity index is 797. The number of halogens is 2. The van der Waals surface area contributed by atoms with Crippen LogP contribution >= 0.6 is 0 Å². The Morgan fingerprint density at radius 3 is 2.32 bits per heavy atom. The third-order valence-electron chi connectivity index (χ3n) is 3.28. The molecule has 2 rings (SSSR count). The van der Waals surface area contributed by atoms with E-state index in [1.807, 2.05) is 6.07 Å². The van der Waals surface area contributed by atoms with Gasteiger partial charge in [-0.15, -0.1) is 0 Å². The molecular weight excluding hydrogens is 286 g/mol. The van der Waals surface area contributed by atoms with Gasteiger partial charge in [0.1, 0.15) is 23.5 Å². The lowest BCUT2D eigenvalue weighted by atomic mass is 9.95. The molecule has 2 aromatic carbocycles. The van der Waals surface area contributed by atoms with Crippen LogP contribution in [0.4, 0.5) is 8.78 Å². The topological polar surface area (TPSA) is 56.8 Å². The van der Waals surface area contributed by atoms with Crippen LogP contribution in [-0.4, -0.2) is 13.5 Å². The number of ether oxygens (including phenoxy) is 1. The summed E-state index contributed by atoms with van der Waals surface area (Å²) < 4.78 is 30.6. The lowest BCUT2D eigenvalue weighted by Crippen LogP contribution is -1.97. The van der Waals surface area contributed by atoms with Gasteiger partial charge in [0.05, 0.1) is 7.11 Å². The van der Waals surface area contributed by atoms with Gasteiger partial charge in [-0.2, -0.15) is 10.5 Å². The Morgan fingerprint density at radius 2 is 1.73 bits per heavy atom. The highest BCUT2D eigenvalue weighted by Crippen LogP contribution is 2.29. The van der Waals surface area contributed by atoms with E-state index < -0.39 is 12.8 Å². The molecule has 0 amide bonds. The standard InChI is InChI=1S/C17H12F2N2O/c1-22-15-5-4-11-6-13(3-2-12(11)7-15)16(8-17(18)19)14(9-20)10-21/h2-7,17H,8H2,1H3. The molecule has 0 atom stereocenters. The minimum absolute atomic E-state index is 0.0673. The maximum Gasteiger partial charge on any atom is 0.242 e. The molecule has 0 aliphatic rings. The Labute approximate surface area is 126 Å². The van der Waals surface area contributed by atoms with Crippen LogP contribution in [0.25, 0.3) is 16.3 Å². The molecule has 0 aromatic heterocycles. The van der Waals surface area contributed by atoms with Crippen molar-refractivity contribution in [2.45, 2.75) is 12.8 Å². The second-order valence-electron chi connectivity index (χ2n) is 4.60. The molecule has 0 aliphatic carbocycles. The van der Waals surface area contributed by atoms with Gasteiger partial charge in [0, 0.05) is 6.42 Å². The van der Waals surface area contributed by atoms with Crippen molar-refractivity contribution >= 4 is 16.3 Å². The molecule has 0 spiro atoms. The molecule has 0 aliphatic heterocycles. The first-order valence-electron chi connectivity index (χ1n) is 6.48. The minimum Gasteiger partial charge on any atom is -0.497 e. The Morgan fingerprint density at radius 1 is 1.09 bits per heavy atom. The first-order chi connectivity index (χ1) is 10.6. The molecular formula is C17H12F2N2O. The lowest BCUT2D eigenvalue weighted by molar-refractivity contribution is 0.155. The van der Waals surface area contributed by atoms with Crippen molar-refractivity contribution in [3.63, 3.8) is 0 Å².